The van der Waals surface area contributed by atoms with Gasteiger partial charge in [0.05, 0.1) is 0 Å². The zero-order chi connectivity index (χ0) is 13.0. The average Bonchev–Trinajstić information content (AvgIpc) is 2.35. The highest BCUT2D eigenvalue weighted by atomic mass is 16.2. The van der Waals surface area contributed by atoms with Crippen LogP contribution in [0.2, 0.25) is 0 Å². The lowest BCUT2D eigenvalue weighted by molar-refractivity contribution is -0.122. The molecule has 0 aliphatic carbocycles. The number of urea groups is 1. The van der Waals surface area contributed by atoms with Crippen molar-refractivity contribution in [2.75, 3.05) is 11.9 Å². The molecule has 3 N–H and O–H groups in total. The number of amides is 3. The zero-order valence-electron chi connectivity index (χ0n) is 10.2. The van der Waals surface area contributed by atoms with E-state index >= 15 is 0 Å². The van der Waals surface area contributed by atoms with Crippen LogP contribution in [-0.2, 0) is 4.79 Å². The Hall–Kier alpha value is -2.11. The number of hydrogen-bond acceptors (Lipinski definition) is 3. The van der Waals surface area contributed by atoms with E-state index in [1.165, 1.54) is 0 Å². The lowest BCUT2D eigenvalue weighted by Crippen LogP contribution is -2.49. The molecule has 1 aromatic heterocycles. The molecule has 18 heavy (non-hydrogen) atoms. The summed E-state index contributed by atoms with van der Waals surface area (Å²) in [6.45, 7) is 2.36. The molecule has 0 aromatic carbocycles. The molecule has 2 rings (SSSR count). The molecule has 1 aliphatic heterocycles. The van der Waals surface area contributed by atoms with E-state index in [0.29, 0.717) is 25.2 Å². The second-order valence-electron chi connectivity index (χ2n) is 4.31. The number of hydrogen-bond donors (Lipinski definition) is 3. The minimum absolute atomic E-state index is 0.0216. The first kappa shape index (κ1) is 12.3. The number of rotatable bonds is 2. The maximum absolute atomic E-state index is 11.7. The van der Waals surface area contributed by atoms with Gasteiger partial charge in [-0.1, -0.05) is 6.07 Å². The third kappa shape index (κ3) is 3.19. The van der Waals surface area contributed by atoms with Crippen molar-refractivity contribution < 1.29 is 9.59 Å². The standard InChI is InChI=1S/C12H16N4O2/c1-8-3-2-6-13-11(8)16-12(18)15-9-4-5-10(17)14-7-9/h2-3,6,9H,4-5,7H2,1H3,(H,14,17)(H2,13,15,16,18)/t9-/m0/s1. The van der Waals surface area contributed by atoms with Crippen LogP contribution in [0.5, 0.6) is 0 Å². The number of nitrogens with one attached hydrogen (secondary N) is 3. The van der Waals surface area contributed by atoms with E-state index in [9.17, 15) is 9.59 Å². The molecule has 6 nitrogen and oxygen atoms in total. The van der Waals surface area contributed by atoms with Gasteiger partial charge < -0.3 is 10.6 Å². The highest BCUT2D eigenvalue weighted by Crippen LogP contribution is 2.09. The highest BCUT2D eigenvalue weighted by molar-refractivity contribution is 5.89. The zero-order valence-corrected chi connectivity index (χ0v) is 10.2. The topological polar surface area (TPSA) is 83.1 Å². The molecule has 0 spiro atoms. The normalized spacial score (nSPS) is 18.9. The van der Waals surface area contributed by atoms with Crippen LogP contribution in [0.1, 0.15) is 18.4 Å². The molecule has 1 saturated heterocycles. The number of pyridine rings is 1. The predicted octanol–water partition coefficient (Wildman–Crippen LogP) is 0.790. The molecule has 1 aromatic rings. The Morgan fingerprint density at radius 2 is 2.39 bits per heavy atom. The second-order valence-corrected chi connectivity index (χ2v) is 4.31. The van der Waals surface area contributed by atoms with Crippen molar-refractivity contribution >= 4 is 17.8 Å². The Kier molecular flexibility index (Phi) is 3.76. The Labute approximate surface area is 105 Å². The van der Waals surface area contributed by atoms with Gasteiger partial charge in [0, 0.05) is 25.2 Å². The number of carbonyl (C=O) groups excluding carboxylic acids is 2. The van der Waals surface area contributed by atoms with Crippen molar-refractivity contribution in [3.63, 3.8) is 0 Å². The van der Waals surface area contributed by atoms with Crippen LogP contribution in [0.15, 0.2) is 18.3 Å². The molecule has 2 heterocycles. The van der Waals surface area contributed by atoms with Gasteiger partial charge in [-0.15, -0.1) is 0 Å². The number of anilines is 1. The second kappa shape index (κ2) is 5.48. The predicted molar refractivity (Wildman–Crippen MR) is 67.2 cm³/mol. The minimum Gasteiger partial charge on any atom is -0.354 e. The van der Waals surface area contributed by atoms with Crippen molar-refractivity contribution in [1.82, 2.24) is 15.6 Å². The van der Waals surface area contributed by atoms with E-state index in [4.69, 9.17) is 0 Å². The summed E-state index contributed by atoms with van der Waals surface area (Å²) in [5.74, 6) is 0.587. The van der Waals surface area contributed by atoms with Crippen LogP contribution in [0.3, 0.4) is 0 Å². The molecule has 1 fully saturated rings. The van der Waals surface area contributed by atoms with Crippen molar-refractivity contribution in [2.45, 2.75) is 25.8 Å². The summed E-state index contributed by atoms with van der Waals surface area (Å²) in [5, 5.41) is 8.22. The molecule has 1 atom stereocenters. The molecule has 3 amide bonds. The van der Waals surface area contributed by atoms with Crippen molar-refractivity contribution in [1.29, 1.82) is 0 Å². The van der Waals surface area contributed by atoms with Gasteiger partial charge in [0.1, 0.15) is 5.82 Å². The fourth-order valence-corrected chi connectivity index (χ4v) is 1.80. The first-order chi connectivity index (χ1) is 8.65. The monoisotopic (exact) mass is 248 g/mol. The van der Waals surface area contributed by atoms with Gasteiger partial charge in [-0.3, -0.25) is 10.1 Å². The van der Waals surface area contributed by atoms with Gasteiger partial charge in [-0.25, -0.2) is 9.78 Å². The Balaban J connectivity index is 1.86. The fourth-order valence-electron chi connectivity index (χ4n) is 1.80. The summed E-state index contributed by atoms with van der Waals surface area (Å²) in [6.07, 6.45) is 2.75. The van der Waals surface area contributed by atoms with Gasteiger partial charge in [-0.2, -0.15) is 0 Å². The van der Waals surface area contributed by atoms with Crippen LogP contribution in [-0.4, -0.2) is 29.5 Å². The molecule has 0 radical (unpaired) electrons. The average molecular weight is 248 g/mol. The SMILES string of the molecule is Cc1cccnc1NC(=O)N[C@H]1CCC(=O)NC1. The van der Waals surface area contributed by atoms with E-state index < -0.39 is 0 Å². The van der Waals surface area contributed by atoms with Crippen molar-refractivity contribution in [3.8, 4) is 0 Å². The minimum atomic E-state index is -0.294. The van der Waals surface area contributed by atoms with E-state index in [1.54, 1.807) is 6.20 Å². The number of nitrogens with zero attached hydrogens (tertiary/aromatic N) is 1. The van der Waals surface area contributed by atoms with Gasteiger partial charge >= 0.3 is 6.03 Å². The molecular formula is C12H16N4O2. The summed E-state index contributed by atoms with van der Waals surface area (Å²) < 4.78 is 0. The van der Waals surface area contributed by atoms with Crippen LogP contribution >= 0.6 is 0 Å². The molecule has 6 heteroatoms. The van der Waals surface area contributed by atoms with E-state index in [-0.39, 0.29) is 18.0 Å². The smallest absolute Gasteiger partial charge is 0.320 e. The summed E-state index contributed by atoms with van der Waals surface area (Å²) in [7, 11) is 0. The summed E-state index contributed by atoms with van der Waals surface area (Å²) >= 11 is 0. The van der Waals surface area contributed by atoms with Gasteiger partial charge in [0.15, 0.2) is 0 Å². The lowest BCUT2D eigenvalue weighted by atomic mass is 10.1. The molecular weight excluding hydrogens is 232 g/mol. The summed E-state index contributed by atoms with van der Waals surface area (Å²) in [4.78, 5) is 26.8. The maximum atomic E-state index is 11.7. The van der Waals surface area contributed by atoms with Gasteiger partial charge in [-0.05, 0) is 25.0 Å². The van der Waals surface area contributed by atoms with Crippen LogP contribution in [0.25, 0.3) is 0 Å². The Morgan fingerprint density at radius 3 is 3.06 bits per heavy atom. The van der Waals surface area contributed by atoms with Crippen molar-refractivity contribution in [2.24, 2.45) is 0 Å². The Morgan fingerprint density at radius 1 is 1.56 bits per heavy atom. The molecule has 0 unspecified atom stereocenters. The van der Waals surface area contributed by atoms with E-state index in [2.05, 4.69) is 20.9 Å². The number of aryl methyl sites for hydroxylation is 1. The van der Waals surface area contributed by atoms with Gasteiger partial charge in [0.25, 0.3) is 0 Å². The summed E-state index contributed by atoms with van der Waals surface area (Å²) in [5.41, 5.74) is 0.907. The van der Waals surface area contributed by atoms with Crippen LogP contribution < -0.4 is 16.0 Å². The van der Waals surface area contributed by atoms with Crippen LogP contribution in [0.4, 0.5) is 10.6 Å². The Bertz CT molecular complexity index is 451. The third-order valence-electron chi connectivity index (χ3n) is 2.84. The molecule has 96 valence electrons. The largest absolute Gasteiger partial charge is 0.354 e. The van der Waals surface area contributed by atoms with Gasteiger partial charge in [0.2, 0.25) is 5.91 Å². The fraction of sp³-hybridized carbons (Fsp3) is 0.417. The lowest BCUT2D eigenvalue weighted by Gasteiger charge is -2.23. The van der Waals surface area contributed by atoms with Crippen LogP contribution in [0, 0.1) is 6.92 Å². The first-order valence-corrected chi connectivity index (χ1v) is 5.91. The maximum Gasteiger partial charge on any atom is 0.320 e. The molecule has 1 aliphatic rings. The number of piperidine rings is 1. The van der Waals surface area contributed by atoms with E-state index in [0.717, 1.165) is 5.56 Å². The summed E-state index contributed by atoms with van der Waals surface area (Å²) in [6, 6.07) is 3.38. The quantitative estimate of drug-likeness (QED) is 0.723. The highest BCUT2D eigenvalue weighted by Gasteiger charge is 2.19. The van der Waals surface area contributed by atoms with Crippen molar-refractivity contribution in [3.05, 3.63) is 23.9 Å². The number of carbonyl (C=O) groups is 2. The molecule has 0 saturated carbocycles. The first-order valence-electron chi connectivity index (χ1n) is 5.91. The number of aromatic nitrogens is 1. The molecule has 0 bridgehead atoms. The van der Waals surface area contributed by atoms with E-state index in [1.807, 2.05) is 19.1 Å². The third-order valence-corrected chi connectivity index (χ3v) is 2.84.